The largest absolute Gasteiger partial charge is 0.482 e. The molecule has 19 heavy (non-hydrogen) atoms. The van der Waals surface area contributed by atoms with Crippen molar-refractivity contribution in [2.24, 2.45) is 0 Å². The second kappa shape index (κ2) is 5.70. The van der Waals surface area contributed by atoms with Gasteiger partial charge in [0.05, 0.1) is 0 Å². The maximum Gasteiger partial charge on any atom is 0.202 e. The molecule has 0 aliphatic carbocycles. The van der Waals surface area contributed by atoms with Gasteiger partial charge in [0.1, 0.15) is 5.75 Å². The van der Waals surface area contributed by atoms with Gasteiger partial charge in [-0.25, -0.2) is 0 Å². The lowest BCUT2D eigenvalue weighted by atomic mass is 10.1. The molecule has 0 N–H and O–H groups in total. The lowest BCUT2D eigenvalue weighted by Gasteiger charge is -2.16. The second-order valence-electron chi connectivity index (χ2n) is 4.76. The fourth-order valence-electron chi connectivity index (χ4n) is 1.92. The highest BCUT2D eigenvalue weighted by atomic mass is 16.5. The van der Waals surface area contributed by atoms with Gasteiger partial charge in [-0.1, -0.05) is 42.5 Å². The molecular formula is C17H18O2. The molecule has 0 spiro atoms. The third-order valence-corrected chi connectivity index (χ3v) is 3.07. The summed E-state index contributed by atoms with van der Waals surface area (Å²) in [7, 11) is 0. The number of hydrogen-bond acceptors (Lipinski definition) is 2. The summed E-state index contributed by atoms with van der Waals surface area (Å²) in [6.45, 7) is 5.78. The van der Waals surface area contributed by atoms with Gasteiger partial charge in [-0.05, 0) is 38.0 Å². The molecule has 2 nitrogen and oxygen atoms in total. The molecule has 1 atom stereocenters. The quantitative estimate of drug-likeness (QED) is 0.772. The molecule has 0 heterocycles. The average Bonchev–Trinajstić information content (AvgIpc) is 2.43. The summed E-state index contributed by atoms with van der Waals surface area (Å²) in [6, 6.07) is 15.2. The Morgan fingerprint density at radius 1 is 1.05 bits per heavy atom. The number of aryl methyl sites for hydroxylation is 2. The standard InChI is InChI=1S/C17H18O2/c1-12-9-10-13(2)16(11-12)19-14(3)17(18)15-7-5-4-6-8-15/h4-11,14H,1-3H3. The first-order valence-electron chi connectivity index (χ1n) is 6.41. The van der Waals surface area contributed by atoms with Crippen molar-refractivity contribution in [3.63, 3.8) is 0 Å². The van der Waals surface area contributed by atoms with E-state index in [2.05, 4.69) is 0 Å². The van der Waals surface area contributed by atoms with Crippen LogP contribution in [0.3, 0.4) is 0 Å². The van der Waals surface area contributed by atoms with Gasteiger partial charge in [0.2, 0.25) is 5.78 Å². The number of carbonyl (C=O) groups is 1. The van der Waals surface area contributed by atoms with Crippen LogP contribution in [0.2, 0.25) is 0 Å². The molecule has 0 radical (unpaired) electrons. The molecule has 98 valence electrons. The van der Waals surface area contributed by atoms with Crippen LogP contribution in [0.1, 0.15) is 28.4 Å². The smallest absolute Gasteiger partial charge is 0.202 e. The van der Waals surface area contributed by atoms with E-state index in [1.54, 1.807) is 6.92 Å². The minimum absolute atomic E-state index is 0.00139. The number of carbonyl (C=O) groups excluding carboxylic acids is 1. The first-order valence-corrected chi connectivity index (χ1v) is 6.41. The molecule has 0 fully saturated rings. The van der Waals surface area contributed by atoms with Crippen molar-refractivity contribution in [1.29, 1.82) is 0 Å². The first kappa shape index (κ1) is 13.3. The molecule has 2 aromatic carbocycles. The number of ketones is 1. The predicted octanol–water partition coefficient (Wildman–Crippen LogP) is 3.95. The van der Waals surface area contributed by atoms with E-state index in [0.29, 0.717) is 5.56 Å². The van der Waals surface area contributed by atoms with Crippen molar-refractivity contribution in [3.05, 3.63) is 65.2 Å². The maximum absolute atomic E-state index is 12.2. The number of ether oxygens (including phenoxy) is 1. The molecule has 1 unspecified atom stereocenters. The summed E-state index contributed by atoms with van der Waals surface area (Å²) in [4.78, 5) is 12.2. The zero-order valence-electron chi connectivity index (χ0n) is 11.5. The third kappa shape index (κ3) is 3.22. The Hall–Kier alpha value is -2.09. The molecule has 2 heteroatoms. The summed E-state index contributed by atoms with van der Waals surface area (Å²) >= 11 is 0. The van der Waals surface area contributed by atoms with Crippen molar-refractivity contribution in [2.75, 3.05) is 0 Å². The molecule has 0 aliphatic heterocycles. The average molecular weight is 254 g/mol. The summed E-state index contributed by atoms with van der Waals surface area (Å²) in [5.41, 5.74) is 2.85. The van der Waals surface area contributed by atoms with Gasteiger partial charge in [0, 0.05) is 5.56 Å². The zero-order chi connectivity index (χ0) is 13.8. The minimum Gasteiger partial charge on any atom is -0.482 e. The predicted molar refractivity (Wildman–Crippen MR) is 76.8 cm³/mol. The SMILES string of the molecule is Cc1ccc(C)c(OC(C)C(=O)c2ccccc2)c1. The van der Waals surface area contributed by atoms with E-state index >= 15 is 0 Å². The van der Waals surface area contributed by atoms with Gasteiger partial charge >= 0.3 is 0 Å². The van der Waals surface area contributed by atoms with Crippen LogP contribution >= 0.6 is 0 Å². The van der Waals surface area contributed by atoms with E-state index in [1.165, 1.54) is 0 Å². The summed E-state index contributed by atoms with van der Waals surface area (Å²) in [5.74, 6) is 0.776. The Balaban J connectivity index is 2.15. The summed E-state index contributed by atoms with van der Waals surface area (Å²) < 4.78 is 5.79. The van der Waals surface area contributed by atoms with Crippen LogP contribution in [0.25, 0.3) is 0 Å². The number of hydrogen-bond donors (Lipinski definition) is 0. The molecule has 0 bridgehead atoms. The monoisotopic (exact) mass is 254 g/mol. The van der Waals surface area contributed by atoms with E-state index in [0.717, 1.165) is 16.9 Å². The van der Waals surface area contributed by atoms with E-state index < -0.39 is 6.10 Å². The van der Waals surface area contributed by atoms with E-state index in [-0.39, 0.29) is 5.78 Å². The van der Waals surface area contributed by atoms with Crippen molar-refractivity contribution < 1.29 is 9.53 Å². The maximum atomic E-state index is 12.2. The van der Waals surface area contributed by atoms with Crippen molar-refractivity contribution in [3.8, 4) is 5.75 Å². The number of rotatable bonds is 4. The van der Waals surface area contributed by atoms with Gasteiger partial charge < -0.3 is 4.74 Å². The summed E-state index contributed by atoms with van der Waals surface area (Å²) in [5, 5.41) is 0. The fraction of sp³-hybridized carbons (Fsp3) is 0.235. The van der Waals surface area contributed by atoms with Gasteiger partial charge in [-0.2, -0.15) is 0 Å². The van der Waals surface area contributed by atoms with Crippen LogP contribution in [0.15, 0.2) is 48.5 Å². The normalized spacial score (nSPS) is 11.9. The molecule has 0 saturated carbocycles. The van der Waals surface area contributed by atoms with Crippen LogP contribution in [0.5, 0.6) is 5.75 Å². The van der Waals surface area contributed by atoms with Crippen LogP contribution in [-0.4, -0.2) is 11.9 Å². The van der Waals surface area contributed by atoms with Gasteiger partial charge in [-0.15, -0.1) is 0 Å². The highest BCUT2D eigenvalue weighted by molar-refractivity contribution is 5.99. The van der Waals surface area contributed by atoms with Crippen molar-refractivity contribution in [2.45, 2.75) is 26.9 Å². The lowest BCUT2D eigenvalue weighted by molar-refractivity contribution is 0.0817. The lowest BCUT2D eigenvalue weighted by Crippen LogP contribution is -2.24. The molecular weight excluding hydrogens is 236 g/mol. The minimum atomic E-state index is -0.483. The first-order chi connectivity index (χ1) is 9.08. The number of benzene rings is 2. The topological polar surface area (TPSA) is 26.3 Å². The molecule has 2 aromatic rings. The zero-order valence-corrected chi connectivity index (χ0v) is 11.5. The van der Waals surface area contributed by atoms with Crippen molar-refractivity contribution >= 4 is 5.78 Å². The van der Waals surface area contributed by atoms with Gasteiger partial charge in [0.15, 0.2) is 6.10 Å². The van der Waals surface area contributed by atoms with E-state index in [4.69, 9.17) is 4.74 Å². The Kier molecular flexibility index (Phi) is 4.00. The fourth-order valence-corrected chi connectivity index (χ4v) is 1.92. The third-order valence-electron chi connectivity index (χ3n) is 3.07. The van der Waals surface area contributed by atoms with Gasteiger partial charge in [-0.3, -0.25) is 4.79 Å². The van der Waals surface area contributed by atoms with Crippen LogP contribution in [-0.2, 0) is 0 Å². The Morgan fingerprint density at radius 3 is 2.42 bits per heavy atom. The highest BCUT2D eigenvalue weighted by Crippen LogP contribution is 2.21. The van der Waals surface area contributed by atoms with Crippen LogP contribution in [0, 0.1) is 13.8 Å². The van der Waals surface area contributed by atoms with Crippen LogP contribution in [0.4, 0.5) is 0 Å². The molecule has 0 saturated heterocycles. The molecule has 0 amide bonds. The highest BCUT2D eigenvalue weighted by Gasteiger charge is 2.17. The Morgan fingerprint density at radius 2 is 1.74 bits per heavy atom. The number of Topliss-reactive ketones (excluding diaryl/α,β-unsaturated/α-hetero) is 1. The van der Waals surface area contributed by atoms with E-state index in [9.17, 15) is 4.79 Å². The second-order valence-corrected chi connectivity index (χ2v) is 4.76. The Labute approximate surface area is 114 Å². The summed E-state index contributed by atoms with van der Waals surface area (Å²) in [6.07, 6.45) is -0.483. The molecule has 0 aliphatic rings. The van der Waals surface area contributed by atoms with Crippen molar-refractivity contribution in [1.82, 2.24) is 0 Å². The van der Waals surface area contributed by atoms with Crippen LogP contribution < -0.4 is 4.74 Å². The molecule has 0 aromatic heterocycles. The Bertz CT molecular complexity index is 573. The molecule has 2 rings (SSSR count). The van der Waals surface area contributed by atoms with E-state index in [1.807, 2.05) is 62.4 Å². The van der Waals surface area contributed by atoms with Gasteiger partial charge in [0.25, 0.3) is 0 Å².